The molecule has 1 aliphatic rings. The van der Waals surface area contributed by atoms with Gasteiger partial charge in [-0.05, 0) is 53.1 Å². The van der Waals surface area contributed by atoms with Crippen LogP contribution in [0, 0.1) is 0 Å². The van der Waals surface area contributed by atoms with Crippen LogP contribution in [0.5, 0.6) is 0 Å². The molecule has 0 radical (unpaired) electrons. The van der Waals surface area contributed by atoms with E-state index in [-0.39, 0.29) is 11.6 Å². The first-order valence-electron chi connectivity index (χ1n) is 6.55. The molecule has 16 heavy (non-hydrogen) atoms. The Balaban J connectivity index is 2.39. The summed E-state index contributed by atoms with van der Waals surface area (Å²) in [6.45, 7) is 5.41. The molecular formula is C13H28N2O. The highest BCUT2D eigenvalue weighted by Crippen LogP contribution is 2.25. The van der Waals surface area contributed by atoms with Crippen LogP contribution in [-0.4, -0.2) is 43.3 Å². The van der Waals surface area contributed by atoms with Crippen molar-refractivity contribution in [2.45, 2.75) is 63.6 Å². The number of nitrogens with zero attached hydrogens (tertiary/aromatic N) is 1. The lowest BCUT2D eigenvalue weighted by Gasteiger charge is -2.41. The third-order valence-electron chi connectivity index (χ3n) is 4.36. The van der Waals surface area contributed by atoms with Gasteiger partial charge in [-0.25, -0.2) is 0 Å². The van der Waals surface area contributed by atoms with Crippen LogP contribution in [0.2, 0.25) is 0 Å². The van der Waals surface area contributed by atoms with E-state index in [1.807, 2.05) is 0 Å². The molecule has 3 nitrogen and oxygen atoms in total. The highest BCUT2D eigenvalue weighted by molar-refractivity contribution is 4.92. The molecule has 1 fully saturated rings. The summed E-state index contributed by atoms with van der Waals surface area (Å²) in [5, 5.41) is 0. The predicted octanol–water partition coefficient (Wildman–Crippen LogP) is 2.00. The van der Waals surface area contributed by atoms with Gasteiger partial charge >= 0.3 is 0 Å². The second-order valence-corrected chi connectivity index (χ2v) is 5.42. The minimum atomic E-state index is 0.110. The van der Waals surface area contributed by atoms with E-state index in [9.17, 15) is 0 Å². The van der Waals surface area contributed by atoms with Crippen molar-refractivity contribution < 1.29 is 4.74 Å². The maximum absolute atomic E-state index is 6.34. The van der Waals surface area contributed by atoms with Gasteiger partial charge in [-0.1, -0.05) is 6.92 Å². The zero-order valence-corrected chi connectivity index (χ0v) is 11.3. The van der Waals surface area contributed by atoms with Gasteiger partial charge in [-0.3, -0.25) is 0 Å². The number of hydrogen-bond donors (Lipinski definition) is 1. The second-order valence-electron chi connectivity index (χ2n) is 5.42. The average Bonchev–Trinajstić information content (AvgIpc) is 2.77. The summed E-state index contributed by atoms with van der Waals surface area (Å²) in [5.74, 6) is 0. The summed E-state index contributed by atoms with van der Waals surface area (Å²) in [7, 11) is 4.24. The summed E-state index contributed by atoms with van der Waals surface area (Å²) in [6, 6.07) is 0.233. The molecule has 0 aromatic rings. The quantitative estimate of drug-likeness (QED) is 0.756. The van der Waals surface area contributed by atoms with E-state index >= 15 is 0 Å². The largest absolute Gasteiger partial charge is 0.378 e. The fourth-order valence-electron chi connectivity index (χ4n) is 2.46. The number of nitrogens with two attached hydrogens (primary N) is 1. The number of likely N-dealkylation sites (N-methyl/N-ethyl adjacent to an activating group) is 1. The van der Waals surface area contributed by atoms with Gasteiger partial charge in [0.2, 0.25) is 0 Å². The van der Waals surface area contributed by atoms with Gasteiger partial charge in [0.15, 0.2) is 0 Å². The summed E-state index contributed by atoms with van der Waals surface area (Å²) in [6.07, 6.45) is 6.18. The highest BCUT2D eigenvalue weighted by Gasteiger charge is 2.32. The molecule has 3 unspecified atom stereocenters. The normalized spacial score (nSPS) is 27.0. The molecule has 1 heterocycles. The van der Waals surface area contributed by atoms with Crippen LogP contribution < -0.4 is 5.73 Å². The maximum Gasteiger partial charge on any atom is 0.0576 e. The van der Waals surface area contributed by atoms with E-state index in [0.717, 1.165) is 25.9 Å². The summed E-state index contributed by atoms with van der Waals surface area (Å²) in [4.78, 5) is 2.26. The van der Waals surface area contributed by atoms with Gasteiger partial charge in [-0.2, -0.15) is 0 Å². The van der Waals surface area contributed by atoms with Crippen molar-refractivity contribution in [3.63, 3.8) is 0 Å². The molecule has 0 aliphatic carbocycles. The van der Waals surface area contributed by atoms with E-state index in [4.69, 9.17) is 10.5 Å². The Hall–Kier alpha value is -0.120. The lowest BCUT2D eigenvalue weighted by molar-refractivity contribution is 0.0835. The van der Waals surface area contributed by atoms with Crippen LogP contribution in [-0.2, 0) is 4.74 Å². The van der Waals surface area contributed by atoms with Crippen LogP contribution in [0.25, 0.3) is 0 Å². The molecule has 3 atom stereocenters. The molecule has 3 heteroatoms. The molecular weight excluding hydrogens is 200 g/mol. The summed E-state index contributed by atoms with van der Waals surface area (Å²) < 4.78 is 5.64. The van der Waals surface area contributed by atoms with Crippen LogP contribution in [0.1, 0.15) is 46.0 Å². The van der Waals surface area contributed by atoms with Crippen molar-refractivity contribution in [3.05, 3.63) is 0 Å². The first-order valence-corrected chi connectivity index (χ1v) is 6.55. The molecule has 96 valence electrons. The van der Waals surface area contributed by atoms with Crippen LogP contribution in [0.3, 0.4) is 0 Å². The smallest absolute Gasteiger partial charge is 0.0576 e. The van der Waals surface area contributed by atoms with Gasteiger partial charge in [0.05, 0.1) is 6.10 Å². The molecule has 2 N–H and O–H groups in total. The van der Waals surface area contributed by atoms with Crippen molar-refractivity contribution in [2.75, 3.05) is 20.7 Å². The number of hydrogen-bond acceptors (Lipinski definition) is 3. The lowest BCUT2D eigenvalue weighted by Crippen LogP contribution is -2.55. The Morgan fingerprint density at radius 1 is 1.50 bits per heavy atom. The lowest BCUT2D eigenvalue weighted by atomic mass is 9.85. The predicted molar refractivity (Wildman–Crippen MR) is 68.6 cm³/mol. The molecule has 0 saturated carbocycles. The molecule has 0 spiro atoms. The van der Waals surface area contributed by atoms with Gasteiger partial charge < -0.3 is 15.4 Å². The fourth-order valence-corrected chi connectivity index (χ4v) is 2.46. The molecule has 0 bridgehead atoms. The third kappa shape index (κ3) is 3.19. The van der Waals surface area contributed by atoms with Gasteiger partial charge in [-0.15, -0.1) is 0 Å². The monoisotopic (exact) mass is 228 g/mol. The standard InChI is InChI=1S/C13H28N2O/c1-5-13(2,15(3)4)12(14)9-8-11-7-6-10-16-11/h11-12H,5-10,14H2,1-4H3. The maximum atomic E-state index is 6.34. The first-order chi connectivity index (χ1) is 7.50. The SMILES string of the molecule is CCC(C)(C(N)CCC1CCCO1)N(C)C. The van der Waals surface area contributed by atoms with E-state index in [1.54, 1.807) is 0 Å². The Morgan fingerprint density at radius 2 is 2.19 bits per heavy atom. The molecule has 1 saturated heterocycles. The molecule has 0 aromatic heterocycles. The van der Waals surface area contributed by atoms with Gasteiger partial charge in [0.25, 0.3) is 0 Å². The van der Waals surface area contributed by atoms with Crippen molar-refractivity contribution in [1.82, 2.24) is 4.90 Å². The Morgan fingerprint density at radius 3 is 2.62 bits per heavy atom. The van der Waals surface area contributed by atoms with Crippen LogP contribution >= 0.6 is 0 Å². The van der Waals surface area contributed by atoms with E-state index in [1.165, 1.54) is 12.8 Å². The van der Waals surface area contributed by atoms with Crippen molar-refractivity contribution in [2.24, 2.45) is 5.73 Å². The van der Waals surface area contributed by atoms with E-state index < -0.39 is 0 Å². The Labute approximate surface area is 100 Å². The average molecular weight is 228 g/mol. The molecule has 1 rings (SSSR count). The zero-order valence-electron chi connectivity index (χ0n) is 11.3. The second kappa shape index (κ2) is 5.99. The fraction of sp³-hybridized carbons (Fsp3) is 1.00. The Kier molecular flexibility index (Phi) is 5.22. The highest BCUT2D eigenvalue weighted by atomic mass is 16.5. The Bertz CT molecular complexity index is 202. The number of rotatable bonds is 6. The minimum absolute atomic E-state index is 0.110. The molecule has 0 amide bonds. The topological polar surface area (TPSA) is 38.5 Å². The minimum Gasteiger partial charge on any atom is -0.378 e. The van der Waals surface area contributed by atoms with Crippen molar-refractivity contribution >= 4 is 0 Å². The summed E-state index contributed by atoms with van der Waals surface area (Å²) in [5.41, 5.74) is 6.45. The molecule has 1 aliphatic heterocycles. The van der Waals surface area contributed by atoms with Crippen molar-refractivity contribution in [1.29, 1.82) is 0 Å². The van der Waals surface area contributed by atoms with Gasteiger partial charge in [0, 0.05) is 18.2 Å². The molecule has 0 aromatic carbocycles. The van der Waals surface area contributed by atoms with Crippen molar-refractivity contribution in [3.8, 4) is 0 Å². The number of ether oxygens (including phenoxy) is 1. The van der Waals surface area contributed by atoms with Gasteiger partial charge in [0.1, 0.15) is 0 Å². The third-order valence-corrected chi connectivity index (χ3v) is 4.36. The van der Waals surface area contributed by atoms with Crippen LogP contribution in [0.15, 0.2) is 0 Å². The van der Waals surface area contributed by atoms with E-state index in [2.05, 4.69) is 32.8 Å². The van der Waals surface area contributed by atoms with E-state index in [0.29, 0.717) is 6.10 Å². The summed E-state index contributed by atoms with van der Waals surface area (Å²) >= 11 is 0. The van der Waals surface area contributed by atoms with Crippen LogP contribution in [0.4, 0.5) is 0 Å². The zero-order chi connectivity index (χ0) is 12.2. The first kappa shape index (κ1) is 13.9.